The number of carbonyl (C=O) groups excluding carboxylic acids is 2. The van der Waals surface area contributed by atoms with E-state index >= 15 is 0 Å². The first-order valence-corrected chi connectivity index (χ1v) is 7.57. The highest BCUT2D eigenvalue weighted by molar-refractivity contribution is 9.10. The molecule has 0 saturated carbocycles. The predicted octanol–water partition coefficient (Wildman–Crippen LogP) is 1.81. The molecule has 0 aliphatic heterocycles. The summed E-state index contributed by atoms with van der Waals surface area (Å²) in [6.45, 7) is 5.02. The van der Waals surface area contributed by atoms with Gasteiger partial charge in [-0.25, -0.2) is 4.79 Å². The first-order valence-electron chi connectivity index (χ1n) is 6.78. The van der Waals surface area contributed by atoms with Crippen molar-refractivity contribution in [1.82, 2.24) is 10.2 Å². The second kappa shape index (κ2) is 7.93. The number of carboxylic acids is 1. The van der Waals surface area contributed by atoms with Gasteiger partial charge in [-0.15, -0.1) is 0 Å². The minimum Gasteiger partial charge on any atom is -0.480 e. The summed E-state index contributed by atoms with van der Waals surface area (Å²) in [4.78, 5) is 36.0. The van der Waals surface area contributed by atoms with Gasteiger partial charge in [0.2, 0.25) is 5.91 Å². The summed E-state index contributed by atoms with van der Waals surface area (Å²) in [5.74, 6) is -1.72. The third-order valence-corrected chi connectivity index (χ3v) is 3.82. The van der Waals surface area contributed by atoms with Gasteiger partial charge in [0.05, 0.1) is 5.56 Å². The van der Waals surface area contributed by atoms with Crippen molar-refractivity contribution in [2.75, 3.05) is 13.1 Å². The molecule has 22 heavy (non-hydrogen) atoms. The number of amides is 2. The maximum atomic E-state index is 12.6. The third-order valence-electron chi connectivity index (χ3n) is 3.17. The summed E-state index contributed by atoms with van der Waals surface area (Å²) < 4.78 is 0.611. The molecule has 0 heterocycles. The number of halogens is 1. The van der Waals surface area contributed by atoms with Crippen molar-refractivity contribution in [2.24, 2.45) is 0 Å². The van der Waals surface area contributed by atoms with Gasteiger partial charge in [-0.05, 0) is 47.5 Å². The molecule has 6 nitrogen and oxygen atoms in total. The van der Waals surface area contributed by atoms with Gasteiger partial charge in [0.1, 0.15) is 6.04 Å². The number of carbonyl (C=O) groups is 3. The maximum absolute atomic E-state index is 12.6. The normalized spacial score (nSPS) is 11.6. The molecule has 1 aromatic carbocycles. The van der Waals surface area contributed by atoms with Crippen LogP contribution >= 0.6 is 15.9 Å². The second-order valence-corrected chi connectivity index (χ2v) is 5.83. The molecule has 0 aliphatic carbocycles. The Morgan fingerprint density at radius 3 is 2.50 bits per heavy atom. The van der Waals surface area contributed by atoms with Crippen LogP contribution in [0.4, 0.5) is 0 Å². The SMILES string of the molecule is CC(=O)NCCN(C(=O)c1ccc(C)cc1Br)C(C)C(=O)O. The van der Waals surface area contributed by atoms with E-state index in [9.17, 15) is 19.5 Å². The molecule has 1 atom stereocenters. The highest BCUT2D eigenvalue weighted by Gasteiger charge is 2.27. The lowest BCUT2D eigenvalue weighted by molar-refractivity contribution is -0.141. The molecule has 2 N–H and O–H groups in total. The summed E-state index contributed by atoms with van der Waals surface area (Å²) in [6.07, 6.45) is 0. The fraction of sp³-hybridized carbons (Fsp3) is 0.400. The Labute approximate surface area is 137 Å². The van der Waals surface area contributed by atoms with E-state index < -0.39 is 17.9 Å². The fourth-order valence-electron chi connectivity index (χ4n) is 1.91. The minimum atomic E-state index is -1.10. The molecule has 1 unspecified atom stereocenters. The van der Waals surface area contributed by atoms with Crippen molar-refractivity contribution in [3.63, 3.8) is 0 Å². The van der Waals surface area contributed by atoms with Crippen LogP contribution in [0.2, 0.25) is 0 Å². The van der Waals surface area contributed by atoms with E-state index in [0.717, 1.165) is 5.56 Å². The van der Waals surface area contributed by atoms with Gasteiger partial charge in [-0.3, -0.25) is 9.59 Å². The molecule has 2 amide bonds. The standard InChI is InChI=1S/C15H19BrN2O4/c1-9-4-5-12(13(16)8-9)14(20)18(10(2)15(21)22)7-6-17-11(3)19/h4-5,8,10H,6-7H2,1-3H3,(H,17,19)(H,21,22). The number of nitrogens with zero attached hydrogens (tertiary/aromatic N) is 1. The zero-order chi connectivity index (χ0) is 16.9. The Morgan fingerprint density at radius 2 is 2.00 bits per heavy atom. The van der Waals surface area contributed by atoms with E-state index in [1.807, 2.05) is 6.92 Å². The quantitative estimate of drug-likeness (QED) is 0.799. The molecule has 0 spiro atoms. The van der Waals surface area contributed by atoms with Gasteiger partial charge in [0.15, 0.2) is 0 Å². The molecule has 0 radical (unpaired) electrons. The molecule has 120 valence electrons. The Hall–Kier alpha value is -1.89. The van der Waals surface area contributed by atoms with E-state index in [4.69, 9.17) is 0 Å². The molecule has 0 fully saturated rings. The molecule has 0 saturated heterocycles. The number of nitrogens with one attached hydrogen (secondary N) is 1. The number of hydrogen-bond acceptors (Lipinski definition) is 3. The minimum absolute atomic E-state index is 0.117. The highest BCUT2D eigenvalue weighted by atomic mass is 79.9. The lowest BCUT2D eigenvalue weighted by Gasteiger charge is -2.27. The number of rotatable bonds is 6. The zero-order valence-electron chi connectivity index (χ0n) is 12.7. The van der Waals surface area contributed by atoms with Crippen molar-refractivity contribution in [3.05, 3.63) is 33.8 Å². The molecule has 0 bridgehead atoms. The van der Waals surface area contributed by atoms with Crippen LogP contribution in [0.5, 0.6) is 0 Å². The largest absolute Gasteiger partial charge is 0.480 e. The number of aryl methyl sites for hydroxylation is 1. The molecular formula is C15H19BrN2O4. The zero-order valence-corrected chi connectivity index (χ0v) is 14.3. The van der Waals surface area contributed by atoms with Crippen LogP contribution in [0.25, 0.3) is 0 Å². The Morgan fingerprint density at radius 1 is 1.36 bits per heavy atom. The van der Waals surface area contributed by atoms with Gasteiger partial charge >= 0.3 is 5.97 Å². The van der Waals surface area contributed by atoms with Gasteiger partial charge in [0, 0.05) is 24.5 Å². The van der Waals surface area contributed by atoms with E-state index in [1.165, 1.54) is 18.7 Å². The average Bonchev–Trinajstić information content (AvgIpc) is 2.42. The maximum Gasteiger partial charge on any atom is 0.326 e. The van der Waals surface area contributed by atoms with Crippen molar-refractivity contribution in [3.8, 4) is 0 Å². The number of carboxylic acid groups (broad SMARTS) is 1. The van der Waals surface area contributed by atoms with Gasteiger partial charge in [0.25, 0.3) is 5.91 Å². The summed E-state index contributed by atoms with van der Waals surface area (Å²) in [5.41, 5.74) is 1.38. The topological polar surface area (TPSA) is 86.7 Å². The van der Waals surface area contributed by atoms with E-state index in [1.54, 1.807) is 18.2 Å². The van der Waals surface area contributed by atoms with Crippen LogP contribution in [0.3, 0.4) is 0 Å². The van der Waals surface area contributed by atoms with Crippen LogP contribution in [0, 0.1) is 6.92 Å². The number of hydrogen-bond donors (Lipinski definition) is 2. The molecule has 0 aromatic heterocycles. The number of benzene rings is 1. The van der Waals surface area contributed by atoms with E-state index in [0.29, 0.717) is 10.0 Å². The van der Waals surface area contributed by atoms with Crippen LogP contribution in [0.1, 0.15) is 29.8 Å². The van der Waals surface area contributed by atoms with Crippen LogP contribution in [0.15, 0.2) is 22.7 Å². The summed E-state index contributed by atoms with van der Waals surface area (Å²) in [6, 6.07) is 4.25. The first-order chi connectivity index (χ1) is 10.2. The summed E-state index contributed by atoms with van der Waals surface area (Å²) in [5, 5.41) is 11.7. The van der Waals surface area contributed by atoms with Gasteiger partial charge in [-0.1, -0.05) is 6.07 Å². The van der Waals surface area contributed by atoms with E-state index in [2.05, 4.69) is 21.2 Å². The Bertz CT molecular complexity index is 589. The second-order valence-electron chi connectivity index (χ2n) is 4.98. The summed E-state index contributed by atoms with van der Waals surface area (Å²) in [7, 11) is 0. The molecule has 0 aliphatic rings. The Kier molecular flexibility index (Phi) is 6.55. The lowest BCUT2D eigenvalue weighted by atomic mass is 10.1. The monoisotopic (exact) mass is 370 g/mol. The van der Waals surface area contributed by atoms with Crippen LogP contribution in [-0.2, 0) is 9.59 Å². The van der Waals surface area contributed by atoms with Crippen LogP contribution in [-0.4, -0.2) is 46.9 Å². The average molecular weight is 371 g/mol. The first kappa shape index (κ1) is 18.2. The van der Waals surface area contributed by atoms with Crippen molar-refractivity contribution in [2.45, 2.75) is 26.8 Å². The van der Waals surface area contributed by atoms with Gasteiger partial charge < -0.3 is 15.3 Å². The van der Waals surface area contributed by atoms with Crippen LogP contribution < -0.4 is 5.32 Å². The highest BCUT2D eigenvalue weighted by Crippen LogP contribution is 2.21. The smallest absolute Gasteiger partial charge is 0.326 e. The fourth-order valence-corrected chi connectivity index (χ4v) is 2.57. The van der Waals surface area contributed by atoms with Crippen molar-refractivity contribution in [1.29, 1.82) is 0 Å². The predicted molar refractivity (Wildman–Crippen MR) is 85.7 cm³/mol. The molecular weight excluding hydrogens is 352 g/mol. The van der Waals surface area contributed by atoms with Crippen molar-refractivity contribution >= 4 is 33.7 Å². The van der Waals surface area contributed by atoms with Crippen molar-refractivity contribution < 1.29 is 19.5 Å². The Balaban J connectivity index is 3.00. The molecule has 1 rings (SSSR count). The molecule has 1 aromatic rings. The lowest BCUT2D eigenvalue weighted by Crippen LogP contribution is -2.46. The number of aliphatic carboxylic acids is 1. The summed E-state index contributed by atoms with van der Waals surface area (Å²) >= 11 is 3.33. The third kappa shape index (κ3) is 4.84. The molecule has 7 heteroatoms. The van der Waals surface area contributed by atoms with Gasteiger partial charge in [-0.2, -0.15) is 0 Å². The van der Waals surface area contributed by atoms with E-state index in [-0.39, 0.29) is 19.0 Å².